The van der Waals surface area contributed by atoms with Crippen LogP contribution in [0.1, 0.15) is 24.6 Å². The van der Waals surface area contributed by atoms with Crippen molar-refractivity contribution < 1.29 is 14.3 Å². The molecule has 1 saturated heterocycles. The van der Waals surface area contributed by atoms with E-state index in [0.29, 0.717) is 42.0 Å². The molecule has 0 saturated carbocycles. The number of halogens is 1. The number of amides is 3. The SMILES string of the molecule is C=C(C)OC(=O)N1CC[C@H](CNC(=O)Nc2nc3c(s2)-c2c(c(-c4cncnc4)nn2-c2ccccc2Cl)CC3)C1. The van der Waals surface area contributed by atoms with E-state index in [9.17, 15) is 9.59 Å². The number of urea groups is 1. The van der Waals surface area contributed by atoms with Gasteiger partial charge in [-0.1, -0.05) is 41.6 Å². The second-order valence-corrected chi connectivity index (χ2v) is 11.4. The number of carbonyl (C=O) groups excluding carboxylic acids is 2. The number of likely N-dealkylation sites (tertiary alicyclic amines) is 1. The van der Waals surface area contributed by atoms with Gasteiger partial charge in [0.1, 0.15) is 6.33 Å². The number of benzene rings is 1. The number of hydrogen-bond acceptors (Lipinski definition) is 8. The number of carbonyl (C=O) groups is 2. The van der Waals surface area contributed by atoms with Gasteiger partial charge < -0.3 is 15.0 Å². The van der Waals surface area contributed by atoms with Gasteiger partial charge in [0.25, 0.3) is 0 Å². The molecule has 2 aliphatic rings. The quantitative estimate of drug-likeness (QED) is 0.291. The zero-order valence-electron chi connectivity index (χ0n) is 22.3. The summed E-state index contributed by atoms with van der Waals surface area (Å²) in [5.74, 6) is 0.491. The minimum absolute atomic E-state index is 0.135. The molecule has 0 bridgehead atoms. The smallest absolute Gasteiger partial charge is 0.414 e. The fourth-order valence-corrected chi connectivity index (χ4v) is 6.41. The number of aromatic nitrogens is 5. The van der Waals surface area contributed by atoms with E-state index in [4.69, 9.17) is 26.4 Å². The molecular formula is C28H27ClN8O3S. The molecule has 3 amide bonds. The van der Waals surface area contributed by atoms with Crippen molar-refractivity contribution in [2.24, 2.45) is 5.92 Å². The van der Waals surface area contributed by atoms with Crippen LogP contribution in [0.25, 0.3) is 27.5 Å². The lowest BCUT2D eigenvalue weighted by molar-refractivity contribution is 0.137. The molecular weight excluding hydrogens is 564 g/mol. The molecule has 11 nitrogen and oxygen atoms in total. The van der Waals surface area contributed by atoms with Crippen LogP contribution in [0.4, 0.5) is 14.7 Å². The first-order valence-electron chi connectivity index (χ1n) is 13.2. The van der Waals surface area contributed by atoms with Gasteiger partial charge in [-0.3, -0.25) is 5.32 Å². The monoisotopic (exact) mass is 590 g/mol. The number of aryl methyl sites for hydroxylation is 1. The van der Waals surface area contributed by atoms with Crippen molar-refractivity contribution in [3.63, 3.8) is 0 Å². The third-order valence-corrected chi connectivity index (χ3v) is 8.34. The lowest BCUT2D eigenvalue weighted by Crippen LogP contribution is -2.35. The molecule has 0 radical (unpaired) electrons. The summed E-state index contributed by atoms with van der Waals surface area (Å²) >= 11 is 8.00. The summed E-state index contributed by atoms with van der Waals surface area (Å²) in [6.07, 6.45) is 6.79. The average molecular weight is 591 g/mol. The molecule has 4 aromatic rings. The van der Waals surface area contributed by atoms with Gasteiger partial charge in [-0.25, -0.2) is 29.2 Å². The predicted octanol–water partition coefficient (Wildman–Crippen LogP) is 5.32. The summed E-state index contributed by atoms with van der Waals surface area (Å²) in [6.45, 7) is 6.77. The first kappa shape index (κ1) is 26.9. The standard InChI is InChI=1S/C28H27ClN8O3S/c1-16(2)40-28(39)36-10-9-17(14-36)11-32-26(38)34-27-33-21-8-7-19-23(18-12-30-15-31-13-18)35-37(24(19)25(21)41-27)22-6-4-3-5-20(22)29/h3-6,12-13,15,17H,1,7-11,14H2,2H3,(H2,32,33,34,38)/t17-/m1/s1. The first-order chi connectivity index (χ1) is 19.9. The average Bonchev–Trinajstić information content (AvgIpc) is 3.69. The highest BCUT2D eigenvalue weighted by Crippen LogP contribution is 2.44. The molecule has 1 aliphatic heterocycles. The van der Waals surface area contributed by atoms with Gasteiger partial charge in [0.15, 0.2) is 5.13 Å². The van der Waals surface area contributed by atoms with E-state index in [-0.39, 0.29) is 11.9 Å². The van der Waals surface area contributed by atoms with Crippen LogP contribution in [0.3, 0.4) is 0 Å². The van der Waals surface area contributed by atoms with Crippen LogP contribution in [0.5, 0.6) is 0 Å². The van der Waals surface area contributed by atoms with Crippen molar-refractivity contribution in [1.29, 1.82) is 0 Å². The molecule has 13 heteroatoms. The molecule has 2 N–H and O–H groups in total. The van der Waals surface area contributed by atoms with E-state index in [0.717, 1.165) is 51.6 Å². The number of nitrogens with zero attached hydrogens (tertiary/aromatic N) is 6. The lowest BCUT2D eigenvalue weighted by atomic mass is 9.96. The summed E-state index contributed by atoms with van der Waals surface area (Å²) in [4.78, 5) is 40.5. The maximum atomic E-state index is 12.8. The van der Waals surface area contributed by atoms with Crippen LogP contribution >= 0.6 is 22.9 Å². The molecule has 0 spiro atoms. The zero-order chi connectivity index (χ0) is 28.5. The minimum atomic E-state index is -0.406. The molecule has 0 unspecified atom stereocenters. The van der Waals surface area contributed by atoms with E-state index in [1.54, 1.807) is 24.2 Å². The Hall–Kier alpha value is -4.29. The third kappa shape index (κ3) is 5.52. The van der Waals surface area contributed by atoms with Crippen LogP contribution in [-0.4, -0.2) is 61.4 Å². The first-order valence-corrected chi connectivity index (χ1v) is 14.4. The van der Waals surface area contributed by atoms with E-state index in [2.05, 4.69) is 27.2 Å². The number of hydrogen-bond donors (Lipinski definition) is 2. The van der Waals surface area contributed by atoms with Crippen LogP contribution in [-0.2, 0) is 17.6 Å². The second kappa shape index (κ2) is 11.3. The molecule has 1 atom stereocenters. The fourth-order valence-electron chi connectivity index (χ4n) is 5.13. The Balaban J connectivity index is 1.21. The molecule has 1 fully saturated rings. The number of fused-ring (bicyclic) bond motifs is 3. The van der Waals surface area contributed by atoms with Gasteiger partial charge in [-0.2, -0.15) is 5.10 Å². The van der Waals surface area contributed by atoms with Crippen LogP contribution in [0, 0.1) is 5.92 Å². The molecule has 1 aliphatic carbocycles. The highest BCUT2D eigenvalue weighted by molar-refractivity contribution is 7.19. The summed E-state index contributed by atoms with van der Waals surface area (Å²) in [5.41, 5.74) is 5.21. The molecule has 4 heterocycles. The van der Waals surface area contributed by atoms with Crippen molar-refractivity contribution in [3.05, 3.63) is 71.6 Å². The highest BCUT2D eigenvalue weighted by atomic mass is 35.5. The summed E-state index contributed by atoms with van der Waals surface area (Å²) in [6, 6.07) is 7.20. The van der Waals surface area contributed by atoms with Crippen molar-refractivity contribution in [3.8, 4) is 27.5 Å². The maximum Gasteiger partial charge on any atom is 0.414 e. The maximum absolute atomic E-state index is 12.8. The fraction of sp³-hybridized carbons (Fsp3) is 0.286. The number of ether oxygens (including phenoxy) is 1. The van der Waals surface area contributed by atoms with Crippen molar-refractivity contribution in [1.82, 2.24) is 34.9 Å². The highest BCUT2D eigenvalue weighted by Gasteiger charge is 2.31. The van der Waals surface area contributed by atoms with Crippen molar-refractivity contribution >= 4 is 40.2 Å². The largest absolute Gasteiger partial charge is 0.416 e. The Bertz CT molecular complexity index is 1640. The molecule has 3 aromatic heterocycles. The third-order valence-electron chi connectivity index (χ3n) is 7.00. The second-order valence-electron chi connectivity index (χ2n) is 9.97. The van der Waals surface area contributed by atoms with E-state index in [1.165, 1.54) is 17.7 Å². The predicted molar refractivity (Wildman–Crippen MR) is 156 cm³/mol. The van der Waals surface area contributed by atoms with Gasteiger partial charge in [-0.15, -0.1) is 0 Å². The number of thiazole rings is 1. The Morgan fingerprint density at radius 2 is 2.02 bits per heavy atom. The number of allylic oxidation sites excluding steroid dienone is 1. The van der Waals surface area contributed by atoms with E-state index in [1.807, 2.05) is 28.9 Å². The number of anilines is 1. The minimum Gasteiger partial charge on any atom is -0.416 e. The molecule has 1 aromatic carbocycles. The number of rotatable bonds is 6. The van der Waals surface area contributed by atoms with E-state index >= 15 is 0 Å². The Kier molecular flexibility index (Phi) is 7.41. The molecule has 41 heavy (non-hydrogen) atoms. The molecule has 210 valence electrons. The van der Waals surface area contributed by atoms with Crippen molar-refractivity contribution in [2.75, 3.05) is 25.0 Å². The topological polar surface area (TPSA) is 127 Å². The number of para-hydroxylation sites is 1. The lowest BCUT2D eigenvalue weighted by Gasteiger charge is -2.16. The zero-order valence-corrected chi connectivity index (χ0v) is 23.8. The van der Waals surface area contributed by atoms with Crippen LogP contribution < -0.4 is 10.6 Å². The van der Waals surface area contributed by atoms with Gasteiger partial charge >= 0.3 is 12.1 Å². The van der Waals surface area contributed by atoms with Crippen LogP contribution in [0.2, 0.25) is 5.02 Å². The summed E-state index contributed by atoms with van der Waals surface area (Å²) in [5, 5.41) is 11.8. The Morgan fingerprint density at radius 3 is 2.80 bits per heavy atom. The van der Waals surface area contributed by atoms with E-state index < -0.39 is 6.09 Å². The van der Waals surface area contributed by atoms with Gasteiger partial charge in [0.05, 0.1) is 38.4 Å². The Morgan fingerprint density at radius 1 is 1.22 bits per heavy atom. The van der Waals surface area contributed by atoms with Gasteiger partial charge in [0, 0.05) is 43.2 Å². The van der Waals surface area contributed by atoms with Gasteiger partial charge in [0.2, 0.25) is 0 Å². The van der Waals surface area contributed by atoms with Crippen LogP contribution in [0.15, 0.2) is 55.3 Å². The normalized spacial score (nSPS) is 15.7. The molecule has 6 rings (SSSR count). The summed E-state index contributed by atoms with van der Waals surface area (Å²) in [7, 11) is 0. The number of nitrogens with one attached hydrogen (secondary N) is 2. The Labute approximate surface area is 245 Å². The summed E-state index contributed by atoms with van der Waals surface area (Å²) < 4.78 is 6.94. The van der Waals surface area contributed by atoms with Gasteiger partial charge in [-0.05, 0) is 44.2 Å². The van der Waals surface area contributed by atoms with Crippen molar-refractivity contribution in [2.45, 2.75) is 26.2 Å².